The molecule has 0 bridgehead atoms. The number of amides is 2. The maximum atomic E-state index is 12.2. The fraction of sp³-hybridized carbons (Fsp3) is 0.353. The summed E-state index contributed by atoms with van der Waals surface area (Å²) < 4.78 is 4.96. The predicted molar refractivity (Wildman–Crippen MR) is 91.5 cm³/mol. The first-order valence-electron chi connectivity index (χ1n) is 7.36. The lowest BCUT2D eigenvalue weighted by Crippen LogP contribution is -2.31. The standard InChI is InChI=1S/C17H18N2O4S/c1-3-7-18-15(20)11-23-17(22)12-8-16(21)19(10-12)13-5-4-6-14(9-13)24-2/h1,4-6,9,12H,7-8,10-11H2,2H3,(H,18,20)/t12-/m1/s1. The molecule has 0 radical (unpaired) electrons. The number of anilines is 1. The van der Waals surface area contributed by atoms with Gasteiger partial charge in [0.25, 0.3) is 5.91 Å². The molecule has 0 spiro atoms. The van der Waals surface area contributed by atoms with Crippen molar-refractivity contribution in [2.75, 3.05) is 30.9 Å². The van der Waals surface area contributed by atoms with E-state index in [1.807, 2.05) is 30.5 Å². The van der Waals surface area contributed by atoms with Crippen LogP contribution in [0.4, 0.5) is 5.69 Å². The maximum Gasteiger partial charge on any atom is 0.311 e. The zero-order valence-electron chi connectivity index (χ0n) is 13.3. The minimum absolute atomic E-state index is 0.0777. The maximum absolute atomic E-state index is 12.2. The highest BCUT2D eigenvalue weighted by Gasteiger charge is 2.36. The molecule has 0 saturated carbocycles. The van der Waals surface area contributed by atoms with Gasteiger partial charge in [0.05, 0.1) is 12.5 Å². The number of rotatable bonds is 6. The van der Waals surface area contributed by atoms with Crippen molar-refractivity contribution in [3.05, 3.63) is 24.3 Å². The average Bonchev–Trinajstić information content (AvgIpc) is 2.99. The van der Waals surface area contributed by atoms with Gasteiger partial charge >= 0.3 is 5.97 Å². The van der Waals surface area contributed by atoms with E-state index in [1.54, 1.807) is 16.7 Å². The highest BCUT2D eigenvalue weighted by atomic mass is 32.2. The van der Waals surface area contributed by atoms with Crippen molar-refractivity contribution in [2.45, 2.75) is 11.3 Å². The number of nitrogens with zero attached hydrogens (tertiary/aromatic N) is 1. The van der Waals surface area contributed by atoms with E-state index in [2.05, 4.69) is 11.2 Å². The van der Waals surface area contributed by atoms with E-state index in [9.17, 15) is 14.4 Å². The molecule has 1 N–H and O–H groups in total. The number of hydrogen-bond donors (Lipinski definition) is 1. The Morgan fingerprint density at radius 1 is 1.50 bits per heavy atom. The van der Waals surface area contributed by atoms with Crippen molar-refractivity contribution in [2.24, 2.45) is 5.92 Å². The number of hydrogen-bond acceptors (Lipinski definition) is 5. The Hall–Kier alpha value is -2.46. The smallest absolute Gasteiger partial charge is 0.311 e. The summed E-state index contributed by atoms with van der Waals surface area (Å²) in [5.74, 6) is 0.533. The van der Waals surface area contributed by atoms with E-state index in [1.165, 1.54) is 0 Å². The van der Waals surface area contributed by atoms with Crippen LogP contribution in [-0.2, 0) is 19.1 Å². The van der Waals surface area contributed by atoms with Crippen LogP contribution in [0.1, 0.15) is 6.42 Å². The normalized spacial score (nSPS) is 16.6. The monoisotopic (exact) mass is 346 g/mol. The second-order valence-electron chi connectivity index (χ2n) is 5.20. The van der Waals surface area contributed by atoms with Crippen LogP contribution in [0.2, 0.25) is 0 Å². The van der Waals surface area contributed by atoms with E-state index in [0.717, 1.165) is 10.6 Å². The van der Waals surface area contributed by atoms with E-state index in [0.29, 0.717) is 0 Å². The van der Waals surface area contributed by atoms with Crippen LogP contribution >= 0.6 is 11.8 Å². The van der Waals surface area contributed by atoms with E-state index in [4.69, 9.17) is 11.2 Å². The van der Waals surface area contributed by atoms with Crippen LogP contribution in [0.5, 0.6) is 0 Å². The Morgan fingerprint density at radius 3 is 3.00 bits per heavy atom. The lowest BCUT2D eigenvalue weighted by Gasteiger charge is -2.17. The molecule has 1 saturated heterocycles. The Bertz CT molecular complexity index is 683. The van der Waals surface area contributed by atoms with Gasteiger partial charge in [-0.1, -0.05) is 12.0 Å². The molecule has 0 unspecified atom stereocenters. The van der Waals surface area contributed by atoms with Crippen LogP contribution in [0.3, 0.4) is 0 Å². The largest absolute Gasteiger partial charge is 0.455 e. The molecular formula is C17H18N2O4S. The van der Waals surface area contributed by atoms with Crippen molar-refractivity contribution in [1.29, 1.82) is 0 Å². The Labute approximate surface area is 144 Å². The summed E-state index contributed by atoms with van der Waals surface area (Å²) in [5, 5.41) is 2.40. The summed E-state index contributed by atoms with van der Waals surface area (Å²) in [5.41, 5.74) is 0.758. The van der Waals surface area contributed by atoms with E-state index >= 15 is 0 Å². The summed E-state index contributed by atoms with van der Waals surface area (Å²) >= 11 is 1.58. The molecule has 1 aromatic carbocycles. The Kier molecular flexibility index (Phi) is 6.27. The number of thioether (sulfide) groups is 1. The molecule has 0 aromatic heterocycles. The number of benzene rings is 1. The van der Waals surface area contributed by atoms with Crippen molar-refractivity contribution in [1.82, 2.24) is 5.32 Å². The summed E-state index contributed by atoms with van der Waals surface area (Å²) in [6, 6.07) is 7.56. The zero-order chi connectivity index (χ0) is 17.5. The number of ether oxygens (including phenoxy) is 1. The van der Waals surface area contributed by atoms with Gasteiger partial charge in [-0.05, 0) is 24.5 Å². The molecule has 1 aromatic rings. The summed E-state index contributed by atoms with van der Waals surface area (Å²) in [6.45, 7) is -0.0630. The first-order valence-corrected chi connectivity index (χ1v) is 8.59. The Balaban J connectivity index is 1.92. The molecule has 1 fully saturated rings. The number of carbonyl (C=O) groups is 3. The van der Waals surface area contributed by atoms with Gasteiger partial charge in [0.2, 0.25) is 5.91 Å². The van der Waals surface area contributed by atoms with Crippen molar-refractivity contribution in [3.63, 3.8) is 0 Å². The summed E-state index contributed by atoms with van der Waals surface area (Å²) in [7, 11) is 0. The second kappa shape index (κ2) is 8.41. The van der Waals surface area contributed by atoms with E-state index in [-0.39, 0.29) is 25.4 Å². The molecule has 2 rings (SSSR count). The quantitative estimate of drug-likeness (QED) is 0.473. The molecule has 2 amide bonds. The molecule has 7 heteroatoms. The Morgan fingerprint density at radius 2 is 2.29 bits per heavy atom. The van der Waals surface area contributed by atoms with Gasteiger partial charge in [0.1, 0.15) is 0 Å². The molecule has 24 heavy (non-hydrogen) atoms. The van der Waals surface area contributed by atoms with Gasteiger partial charge in [-0.25, -0.2) is 0 Å². The highest BCUT2D eigenvalue weighted by molar-refractivity contribution is 7.98. The van der Waals surface area contributed by atoms with Crippen LogP contribution in [0.15, 0.2) is 29.2 Å². The third-order valence-corrected chi connectivity index (χ3v) is 4.28. The first-order chi connectivity index (χ1) is 11.5. The molecule has 0 aliphatic carbocycles. The van der Waals surface area contributed by atoms with Crippen molar-refractivity contribution < 1.29 is 19.1 Å². The molecule has 1 aliphatic heterocycles. The van der Waals surface area contributed by atoms with Gasteiger partial charge < -0.3 is 15.0 Å². The van der Waals surface area contributed by atoms with Gasteiger partial charge in [-0.2, -0.15) is 0 Å². The van der Waals surface area contributed by atoms with Crippen LogP contribution in [-0.4, -0.2) is 43.7 Å². The molecule has 126 valence electrons. The zero-order valence-corrected chi connectivity index (χ0v) is 14.1. The van der Waals surface area contributed by atoms with Gasteiger partial charge in [-0.15, -0.1) is 18.2 Å². The molecule has 6 nitrogen and oxygen atoms in total. The highest BCUT2D eigenvalue weighted by Crippen LogP contribution is 2.28. The fourth-order valence-corrected chi connectivity index (χ4v) is 2.80. The van der Waals surface area contributed by atoms with Crippen LogP contribution in [0, 0.1) is 18.3 Å². The number of terminal acetylenes is 1. The average molecular weight is 346 g/mol. The summed E-state index contributed by atoms with van der Waals surface area (Å²) in [4.78, 5) is 38.2. The molecule has 1 atom stereocenters. The number of nitrogens with one attached hydrogen (secondary N) is 1. The van der Waals surface area contributed by atoms with Crippen molar-refractivity contribution >= 4 is 35.2 Å². The first kappa shape index (κ1) is 17.9. The van der Waals surface area contributed by atoms with Crippen LogP contribution in [0.25, 0.3) is 0 Å². The second-order valence-corrected chi connectivity index (χ2v) is 6.08. The van der Waals surface area contributed by atoms with Crippen molar-refractivity contribution in [3.8, 4) is 12.3 Å². The van der Waals surface area contributed by atoms with Crippen LogP contribution < -0.4 is 10.2 Å². The SMILES string of the molecule is C#CCNC(=O)COC(=O)[C@@H]1CC(=O)N(c2cccc(SC)c2)C1. The van der Waals surface area contributed by atoms with Gasteiger partial charge in [0, 0.05) is 23.5 Å². The lowest BCUT2D eigenvalue weighted by molar-refractivity contribution is -0.152. The number of carbonyl (C=O) groups excluding carboxylic acids is 3. The third kappa shape index (κ3) is 4.52. The minimum atomic E-state index is -0.573. The topological polar surface area (TPSA) is 75.7 Å². The van der Waals surface area contributed by atoms with E-state index < -0.39 is 24.4 Å². The fourth-order valence-electron chi connectivity index (χ4n) is 2.35. The summed E-state index contributed by atoms with van der Waals surface area (Å²) in [6.07, 6.45) is 7.05. The molecule has 1 aliphatic rings. The van der Waals surface area contributed by atoms with Gasteiger partial charge in [0.15, 0.2) is 6.61 Å². The molecule has 1 heterocycles. The lowest BCUT2D eigenvalue weighted by atomic mass is 10.1. The molecular weight excluding hydrogens is 328 g/mol. The third-order valence-electron chi connectivity index (χ3n) is 3.56. The predicted octanol–water partition coefficient (Wildman–Crippen LogP) is 1.05. The van der Waals surface area contributed by atoms with Gasteiger partial charge in [-0.3, -0.25) is 14.4 Å². The number of esters is 1. The minimum Gasteiger partial charge on any atom is -0.455 e.